The summed E-state index contributed by atoms with van der Waals surface area (Å²) in [5.74, 6) is -1.22. The van der Waals surface area contributed by atoms with E-state index in [9.17, 15) is 9.59 Å². The van der Waals surface area contributed by atoms with Gasteiger partial charge in [0.1, 0.15) is 0 Å². The van der Waals surface area contributed by atoms with Gasteiger partial charge >= 0.3 is 5.97 Å². The Bertz CT molecular complexity index is 713. The molecule has 88 valence electrons. The Morgan fingerprint density at radius 1 is 1.33 bits per heavy atom. The van der Waals surface area contributed by atoms with E-state index in [4.69, 9.17) is 10.4 Å². The lowest BCUT2D eigenvalue weighted by molar-refractivity contribution is 0.0688. The molecule has 0 radical (unpaired) electrons. The van der Waals surface area contributed by atoms with Crippen LogP contribution in [0.1, 0.15) is 16.1 Å². The summed E-state index contributed by atoms with van der Waals surface area (Å²) in [6, 6.07) is 10.4. The van der Waals surface area contributed by atoms with Crippen LogP contribution >= 0.6 is 0 Å². The fraction of sp³-hybridized carbons (Fsp3) is 0. The van der Waals surface area contributed by atoms with Crippen molar-refractivity contribution in [3.8, 4) is 11.8 Å². The quantitative estimate of drug-likeness (QED) is 0.838. The number of carbonyl (C=O) groups is 1. The van der Waals surface area contributed by atoms with Crippen LogP contribution in [-0.4, -0.2) is 20.9 Å². The second kappa shape index (κ2) is 4.51. The SMILES string of the molecule is N#Cc1cccc(-n2nc(C(=O)O)ccc2=O)c1. The Kier molecular flexibility index (Phi) is 2.89. The normalized spacial score (nSPS) is 9.72. The maximum atomic E-state index is 11.6. The van der Waals surface area contributed by atoms with Crippen molar-refractivity contribution in [3.05, 3.63) is 58.0 Å². The Morgan fingerprint density at radius 3 is 2.78 bits per heavy atom. The molecule has 6 nitrogen and oxygen atoms in total. The molecule has 18 heavy (non-hydrogen) atoms. The van der Waals surface area contributed by atoms with E-state index in [1.165, 1.54) is 6.07 Å². The van der Waals surface area contributed by atoms with Crippen LogP contribution in [0.4, 0.5) is 0 Å². The highest BCUT2D eigenvalue weighted by Gasteiger charge is 2.08. The molecular formula is C12H7N3O3. The van der Waals surface area contributed by atoms with E-state index in [1.807, 2.05) is 6.07 Å². The predicted molar refractivity (Wildman–Crippen MR) is 61.5 cm³/mol. The fourth-order valence-electron chi connectivity index (χ4n) is 1.42. The average Bonchev–Trinajstić information content (AvgIpc) is 2.39. The van der Waals surface area contributed by atoms with Crippen LogP contribution in [0.5, 0.6) is 0 Å². The average molecular weight is 241 g/mol. The van der Waals surface area contributed by atoms with Crippen molar-refractivity contribution in [2.75, 3.05) is 0 Å². The van der Waals surface area contributed by atoms with Crippen molar-refractivity contribution in [2.45, 2.75) is 0 Å². The summed E-state index contributed by atoms with van der Waals surface area (Å²) in [6.45, 7) is 0. The fourth-order valence-corrected chi connectivity index (χ4v) is 1.42. The van der Waals surface area contributed by atoms with Gasteiger partial charge in [-0.2, -0.15) is 15.0 Å². The molecule has 2 rings (SSSR count). The topological polar surface area (TPSA) is 96.0 Å². The molecule has 0 bridgehead atoms. The zero-order chi connectivity index (χ0) is 13.1. The van der Waals surface area contributed by atoms with E-state index in [-0.39, 0.29) is 5.69 Å². The molecule has 1 aromatic heterocycles. The van der Waals surface area contributed by atoms with Crippen molar-refractivity contribution in [2.24, 2.45) is 0 Å². The van der Waals surface area contributed by atoms with Crippen molar-refractivity contribution in [1.82, 2.24) is 9.78 Å². The third kappa shape index (κ3) is 2.10. The molecule has 1 aromatic carbocycles. The number of nitriles is 1. The van der Waals surface area contributed by atoms with E-state index < -0.39 is 11.5 Å². The highest BCUT2D eigenvalue weighted by Crippen LogP contribution is 2.07. The molecule has 0 atom stereocenters. The molecule has 0 amide bonds. The van der Waals surface area contributed by atoms with Gasteiger partial charge in [0.25, 0.3) is 5.56 Å². The molecule has 2 aromatic rings. The van der Waals surface area contributed by atoms with Gasteiger partial charge < -0.3 is 5.11 Å². The number of hydrogen-bond acceptors (Lipinski definition) is 4. The third-order valence-electron chi connectivity index (χ3n) is 2.24. The smallest absolute Gasteiger partial charge is 0.356 e. The number of benzene rings is 1. The van der Waals surface area contributed by atoms with E-state index in [0.29, 0.717) is 11.3 Å². The van der Waals surface area contributed by atoms with Crippen LogP contribution in [-0.2, 0) is 0 Å². The van der Waals surface area contributed by atoms with Gasteiger partial charge in [0.05, 0.1) is 17.3 Å². The van der Waals surface area contributed by atoms with Crippen LogP contribution in [0, 0.1) is 11.3 Å². The van der Waals surface area contributed by atoms with Gasteiger partial charge in [-0.05, 0) is 24.3 Å². The second-order valence-corrected chi connectivity index (χ2v) is 3.44. The standard InChI is InChI=1S/C12H7N3O3/c13-7-8-2-1-3-9(6-8)15-11(16)5-4-10(14-15)12(17)18/h1-6H,(H,17,18). The Balaban J connectivity index is 2.63. The van der Waals surface area contributed by atoms with E-state index in [0.717, 1.165) is 16.8 Å². The van der Waals surface area contributed by atoms with Crippen LogP contribution in [0.2, 0.25) is 0 Å². The Hall–Kier alpha value is -2.94. The van der Waals surface area contributed by atoms with Crippen molar-refractivity contribution in [1.29, 1.82) is 5.26 Å². The molecule has 0 fully saturated rings. The molecule has 0 aliphatic carbocycles. The lowest BCUT2D eigenvalue weighted by atomic mass is 10.2. The Morgan fingerprint density at radius 2 is 2.11 bits per heavy atom. The third-order valence-corrected chi connectivity index (χ3v) is 2.24. The summed E-state index contributed by atoms with van der Waals surface area (Å²) < 4.78 is 0.949. The maximum absolute atomic E-state index is 11.6. The first-order valence-corrected chi connectivity index (χ1v) is 4.96. The zero-order valence-corrected chi connectivity index (χ0v) is 9.07. The molecule has 1 N–H and O–H groups in total. The summed E-state index contributed by atoms with van der Waals surface area (Å²) in [7, 11) is 0. The summed E-state index contributed by atoms with van der Waals surface area (Å²) in [6.07, 6.45) is 0. The predicted octanol–water partition coefficient (Wildman–Crippen LogP) is 0.802. The largest absolute Gasteiger partial charge is 0.476 e. The molecule has 1 heterocycles. The first kappa shape index (κ1) is 11.5. The van der Waals surface area contributed by atoms with E-state index >= 15 is 0 Å². The summed E-state index contributed by atoms with van der Waals surface area (Å²) >= 11 is 0. The monoisotopic (exact) mass is 241 g/mol. The van der Waals surface area contributed by atoms with Gasteiger partial charge in [0, 0.05) is 6.07 Å². The van der Waals surface area contributed by atoms with Gasteiger partial charge in [0.2, 0.25) is 0 Å². The van der Waals surface area contributed by atoms with E-state index in [1.54, 1.807) is 18.2 Å². The molecule has 0 saturated heterocycles. The Labute approximate surface area is 101 Å². The number of nitrogens with zero attached hydrogens (tertiary/aromatic N) is 3. The highest BCUT2D eigenvalue weighted by atomic mass is 16.4. The lowest BCUT2D eigenvalue weighted by Gasteiger charge is -2.04. The first-order chi connectivity index (χ1) is 8.61. The minimum absolute atomic E-state index is 0.239. The second-order valence-electron chi connectivity index (χ2n) is 3.44. The summed E-state index contributed by atoms with van der Waals surface area (Å²) in [4.78, 5) is 22.4. The van der Waals surface area contributed by atoms with Crippen LogP contribution < -0.4 is 5.56 Å². The molecular weight excluding hydrogens is 234 g/mol. The minimum Gasteiger partial charge on any atom is -0.476 e. The van der Waals surface area contributed by atoms with Gasteiger partial charge in [-0.1, -0.05) is 6.07 Å². The van der Waals surface area contributed by atoms with Crippen LogP contribution in [0.25, 0.3) is 5.69 Å². The number of aromatic nitrogens is 2. The number of aromatic carboxylic acids is 1. The molecule has 0 unspecified atom stereocenters. The molecule has 0 spiro atoms. The number of carboxylic acid groups (broad SMARTS) is 1. The minimum atomic E-state index is -1.22. The number of carboxylic acids is 1. The zero-order valence-electron chi connectivity index (χ0n) is 9.07. The van der Waals surface area contributed by atoms with Crippen molar-refractivity contribution in [3.63, 3.8) is 0 Å². The van der Waals surface area contributed by atoms with Gasteiger partial charge in [-0.3, -0.25) is 4.79 Å². The molecule has 6 heteroatoms. The number of rotatable bonds is 2. The summed E-state index contributed by atoms with van der Waals surface area (Å²) in [5.41, 5.74) is 0.0103. The maximum Gasteiger partial charge on any atom is 0.356 e. The number of hydrogen-bond donors (Lipinski definition) is 1. The first-order valence-electron chi connectivity index (χ1n) is 4.96. The van der Waals surface area contributed by atoms with Gasteiger partial charge in [-0.15, -0.1) is 0 Å². The molecule has 0 saturated carbocycles. The van der Waals surface area contributed by atoms with Crippen LogP contribution in [0.15, 0.2) is 41.2 Å². The molecule has 0 aliphatic heterocycles. The summed E-state index contributed by atoms with van der Waals surface area (Å²) in [5, 5.41) is 21.3. The highest BCUT2D eigenvalue weighted by molar-refractivity contribution is 5.84. The van der Waals surface area contributed by atoms with Crippen molar-refractivity contribution < 1.29 is 9.90 Å². The molecule has 0 aliphatic rings. The van der Waals surface area contributed by atoms with E-state index in [2.05, 4.69) is 5.10 Å². The van der Waals surface area contributed by atoms with Crippen molar-refractivity contribution >= 4 is 5.97 Å². The van der Waals surface area contributed by atoms with Crippen LogP contribution in [0.3, 0.4) is 0 Å². The van der Waals surface area contributed by atoms with Gasteiger partial charge in [-0.25, -0.2) is 4.79 Å². The van der Waals surface area contributed by atoms with Gasteiger partial charge in [0.15, 0.2) is 5.69 Å². The lowest BCUT2D eigenvalue weighted by Crippen LogP contribution is -2.22.